The Balaban J connectivity index is 2.44. The predicted molar refractivity (Wildman–Crippen MR) is 52.4 cm³/mol. The van der Waals surface area contributed by atoms with Crippen molar-refractivity contribution >= 4 is 17.6 Å². The molecule has 80 valence electrons. The molecule has 0 spiro atoms. The Hall–Kier alpha value is -1.84. The number of ketones is 2. The van der Waals surface area contributed by atoms with E-state index < -0.39 is 17.4 Å². The Labute approximate surface area is 89.6 Å². The van der Waals surface area contributed by atoms with Gasteiger partial charge in [0, 0.05) is 17.5 Å². The maximum Gasteiger partial charge on any atom is 0.189 e. The fraction of sp³-hybridized carbons (Fsp3) is 0.167. The second-order valence-electron chi connectivity index (χ2n) is 3.89. The average molecular weight is 220 g/mol. The highest BCUT2D eigenvalue weighted by Gasteiger charge is 2.34. The van der Waals surface area contributed by atoms with Gasteiger partial charge >= 0.3 is 0 Å². The number of rotatable bonds is 0. The van der Waals surface area contributed by atoms with Gasteiger partial charge in [0.15, 0.2) is 11.6 Å². The Morgan fingerprint density at radius 3 is 2.44 bits per heavy atom. The van der Waals surface area contributed by atoms with Crippen molar-refractivity contribution < 1.29 is 18.4 Å². The molecule has 2 aliphatic carbocycles. The maximum absolute atomic E-state index is 13.9. The standard InChI is InChI=1S/C12H6F2O2/c13-11-5-1-3-7(15)9(5)12(14)6-2-4-8(16)10(6)11/h1,3H,2,4H2. The number of Topliss-reactive ketones (excluding diaryl/α,β-unsaturated/α-hetero) is 1. The van der Waals surface area contributed by atoms with Crippen molar-refractivity contribution in [3.8, 4) is 0 Å². The Kier molecular flexibility index (Phi) is 1.67. The Morgan fingerprint density at radius 2 is 1.69 bits per heavy atom. The molecule has 0 radical (unpaired) electrons. The van der Waals surface area contributed by atoms with E-state index in [4.69, 9.17) is 0 Å². The topological polar surface area (TPSA) is 34.1 Å². The highest BCUT2D eigenvalue weighted by Crippen LogP contribution is 2.35. The molecule has 0 aliphatic heterocycles. The van der Waals surface area contributed by atoms with Gasteiger partial charge in [0.05, 0.1) is 11.1 Å². The Bertz CT molecular complexity index is 585. The van der Waals surface area contributed by atoms with Crippen LogP contribution < -0.4 is 0 Å². The average Bonchev–Trinajstić information content (AvgIpc) is 2.80. The first-order valence-corrected chi connectivity index (χ1v) is 4.90. The van der Waals surface area contributed by atoms with Gasteiger partial charge < -0.3 is 0 Å². The normalized spacial score (nSPS) is 16.9. The van der Waals surface area contributed by atoms with Crippen LogP contribution in [0.4, 0.5) is 8.78 Å². The minimum absolute atomic E-state index is 0.0540. The number of allylic oxidation sites excluding steroid dienone is 1. The summed E-state index contributed by atoms with van der Waals surface area (Å²) in [6.07, 6.45) is 2.64. The van der Waals surface area contributed by atoms with E-state index in [0.29, 0.717) is 0 Å². The largest absolute Gasteiger partial charge is 0.294 e. The summed E-state index contributed by atoms with van der Waals surface area (Å²) in [5, 5.41) is 0. The summed E-state index contributed by atoms with van der Waals surface area (Å²) in [5.41, 5.74) is -0.434. The highest BCUT2D eigenvalue weighted by atomic mass is 19.1. The summed E-state index contributed by atoms with van der Waals surface area (Å²) in [7, 11) is 0. The lowest BCUT2D eigenvalue weighted by Crippen LogP contribution is -2.07. The summed E-state index contributed by atoms with van der Waals surface area (Å²) in [6.45, 7) is 0. The van der Waals surface area contributed by atoms with Crippen LogP contribution in [0.15, 0.2) is 6.08 Å². The van der Waals surface area contributed by atoms with E-state index in [0.717, 1.165) is 6.08 Å². The van der Waals surface area contributed by atoms with Gasteiger partial charge in [-0.1, -0.05) is 0 Å². The molecule has 1 aromatic carbocycles. The van der Waals surface area contributed by atoms with Gasteiger partial charge in [0.2, 0.25) is 0 Å². The minimum Gasteiger partial charge on any atom is -0.294 e. The second-order valence-corrected chi connectivity index (χ2v) is 3.89. The monoisotopic (exact) mass is 220 g/mol. The third-order valence-electron chi connectivity index (χ3n) is 3.04. The molecule has 0 heterocycles. The first-order chi connectivity index (χ1) is 7.61. The van der Waals surface area contributed by atoms with E-state index in [-0.39, 0.29) is 40.9 Å². The molecule has 1 aromatic rings. The van der Waals surface area contributed by atoms with Gasteiger partial charge in [0.1, 0.15) is 11.6 Å². The number of hydrogen-bond acceptors (Lipinski definition) is 2. The SMILES string of the molecule is O=C1C=Cc2c(F)c3c(c(F)c21)CCC3=O. The summed E-state index contributed by atoms with van der Waals surface area (Å²) in [6, 6.07) is 0. The van der Waals surface area contributed by atoms with Crippen molar-refractivity contribution in [1.82, 2.24) is 0 Å². The quantitative estimate of drug-likeness (QED) is 0.672. The molecule has 0 bridgehead atoms. The lowest BCUT2D eigenvalue weighted by molar-refractivity contribution is 0.0988. The van der Waals surface area contributed by atoms with Crippen LogP contribution in [-0.4, -0.2) is 11.6 Å². The van der Waals surface area contributed by atoms with Crippen LogP contribution in [0.5, 0.6) is 0 Å². The molecule has 0 aromatic heterocycles. The van der Waals surface area contributed by atoms with E-state index in [9.17, 15) is 18.4 Å². The molecular formula is C12H6F2O2. The highest BCUT2D eigenvalue weighted by molar-refractivity contribution is 6.15. The third kappa shape index (κ3) is 0.939. The Morgan fingerprint density at radius 1 is 0.938 bits per heavy atom. The van der Waals surface area contributed by atoms with Crippen LogP contribution in [0, 0.1) is 11.6 Å². The molecule has 0 N–H and O–H groups in total. The van der Waals surface area contributed by atoms with Crippen LogP contribution in [0.3, 0.4) is 0 Å². The van der Waals surface area contributed by atoms with E-state index in [1.165, 1.54) is 6.08 Å². The molecule has 0 saturated carbocycles. The first kappa shape index (κ1) is 9.39. The molecule has 16 heavy (non-hydrogen) atoms. The van der Waals surface area contributed by atoms with Gasteiger partial charge in [-0.2, -0.15) is 0 Å². The third-order valence-corrected chi connectivity index (χ3v) is 3.04. The van der Waals surface area contributed by atoms with E-state index in [1.807, 2.05) is 0 Å². The number of carbonyl (C=O) groups is 2. The van der Waals surface area contributed by atoms with Crippen molar-refractivity contribution in [1.29, 1.82) is 0 Å². The molecule has 0 fully saturated rings. The van der Waals surface area contributed by atoms with E-state index in [1.54, 1.807) is 0 Å². The zero-order valence-corrected chi connectivity index (χ0v) is 8.14. The molecular weight excluding hydrogens is 214 g/mol. The molecule has 0 amide bonds. The summed E-state index contributed by atoms with van der Waals surface area (Å²) >= 11 is 0. The number of carbonyl (C=O) groups excluding carboxylic acids is 2. The van der Waals surface area contributed by atoms with Gasteiger partial charge in [-0.25, -0.2) is 8.78 Å². The number of halogens is 2. The second kappa shape index (κ2) is 2.84. The van der Waals surface area contributed by atoms with Crippen LogP contribution in [0.2, 0.25) is 0 Å². The van der Waals surface area contributed by atoms with Crippen LogP contribution in [-0.2, 0) is 6.42 Å². The van der Waals surface area contributed by atoms with Crippen molar-refractivity contribution in [2.75, 3.05) is 0 Å². The first-order valence-electron chi connectivity index (χ1n) is 4.90. The lowest BCUT2D eigenvalue weighted by atomic mass is 9.99. The molecule has 0 atom stereocenters. The maximum atomic E-state index is 13.9. The molecule has 4 heteroatoms. The minimum atomic E-state index is -0.754. The van der Waals surface area contributed by atoms with Gasteiger partial charge in [-0.3, -0.25) is 9.59 Å². The smallest absolute Gasteiger partial charge is 0.189 e. The zero-order valence-electron chi connectivity index (χ0n) is 8.14. The zero-order chi connectivity index (χ0) is 11.4. The lowest BCUT2D eigenvalue weighted by Gasteiger charge is -2.07. The van der Waals surface area contributed by atoms with Crippen molar-refractivity contribution in [2.24, 2.45) is 0 Å². The fourth-order valence-electron chi connectivity index (χ4n) is 2.28. The number of fused-ring (bicyclic) bond motifs is 2. The van der Waals surface area contributed by atoms with Crippen LogP contribution in [0.25, 0.3) is 6.08 Å². The predicted octanol–water partition coefficient (Wildman–Crippen LogP) is 2.30. The van der Waals surface area contributed by atoms with E-state index >= 15 is 0 Å². The molecule has 0 unspecified atom stereocenters. The van der Waals surface area contributed by atoms with Crippen molar-refractivity contribution in [3.63, 3.8) is 0 Å². The van der Waals surface area contributed by atoms with Gasteiger partial charge in [0.25, 0.3) is 0 Å². The van der Waals surface area contributed by atoms with Crippen molar-refractivity contribution in [3.05, 3.63) is 40.0 Å². The summed E-state index contributed by atoms with van der Waals surface area (Å²) in [5.74, 6) is -2.40. The van der Waals surface area contributed by atoms with Crippen LogP contribution in [0.1, 0.15) is 38.3 Å². The molecule has 2 aliphatic rings. The van der Waals surface area contributed by atoms with Gasteiger partial charge in [-0.15, -0.1) is 0 Å². The summed E-state index contributed by atoms with van der Waals surface area (Å²) in [4.78, 5) is 22.7. The van der Waals surface area contributed by atoms with Crippen LogP contribution >= 0.6 is 0 Å². The van der Waals surface area contributed by atoms with E-state index in [2.05, 4.69) is 0 Å². The van der Waals surface area contributed by atoms with Crippen molar-refractivity contribution in [2.45, 2.75) is 12.8 Å². The van der Waals surface area contributed by atoms with Gasteiger partial charge in [-0.05, 0) is 18.6 Å². The molecule has 2 nitrogen and oxygen atoms in total. The number of benzene rings is 1. The number of hydrogen-bond donors (Lipinski definition) is 0. The fourth-order valence-corrected chi connectivity index (χ4v) is 2.28. The molecule has 0 saturated heterocycles. The summed E-state index contributed by atoms with van der Waals surface area (Å²) < 4.78 is 27.8. The molecule has 3 rings (SSSR count).